The average molecular weight is 543 g/mol. The van der Waals surface area contributed by atoms with Gasteiger partial charge in [0.25, 0.3) is 5.91 Å². The van der Waals surface area contributed by atoms with Crippen LogP contribution in [0.5, 0.6) is 0 Å². The third-order valence-corrected chi connectivity index (χ3v) is 8.40. The van der Waals surface area contributed by atoms with Crippen molar-refractivity contribution in [2.24, 2.45) is 5.92 Å². The summed E-state index contributed by atoms with van der Waals surface area (Å²) in [6.45, 7) is 0.884. The quantitative estimate of drug-likeness (QED) is 0.577. The Kier molecular flexibility index (Phi) is 6.98. The summed E-state index contributed by atoms with van der Waals surface area (Å²) in [5, 5.41) is 8.22. The van der Waals surface area contributed by atoms with E-state index in [1.807, 2.05) is 4.90 Å². The number of amides is 2. The highest BCUT2D eigenvalue weighted by Crippen LogP contribution is 2.36. The Bertz CT molecular complexity index is 1150. The number of nitrogens with one attached hydrogen (secondary N) is 1. The monoisotopic (exact) mass is 542 g/mol. The third kappa shape index (κ3) is 4.96. The number of hydrogen-bond donors (Lipinski definition) is 1. The minimum Gasteiger partial charge on any atom is -0.339 e. The second kappa shape index (κ2) is 9.89. The standard InChI is InChI=1S/C25H27Cl2F3N4O2/c26-19-10-14(24(36)33-8-5-15(6-9-33)25(28,29)30)11-20(27)17(19)13-22-18-12-16(3-4-21(18)31-32-22)34-7-1-2-23(34)35/h10-11,15-16H,1-9,12-13H2,(H,31,32)/t16-/m0/s1. The molecule has 1 aromatic carbocycles. The molecule has 3 aliphatic rings. The van der Waals surface area contributed by atoms with Gasteiger partial charge in [0.15, 0.2) is 0 Å². The summed E-state index contributed by atoms with van der Waals surface area (Å²) in [6, 6.07) is 3.24. The maximum atomic E-state index is 13.0. The van der Waals surface area contributed by atoms with Crippen molar-refractivity contribution < 1.29 is 22.8 Å². The van der Waals surface area contributed by atoms with E-state index in [-0.39, 0.29) is 49.4 Å². The number of rotatable bonds is 4. The number of likely N-dealkylation sites (tertiary alicyclic amines) is 2. The van der Waals surface area contributed by atoms with Gasteiger partial charge in [-0.05, 0) is 61.8 Å². The Labute approximate surface area is 217 Å². The van der Waals surface area contributed by atoms with Crippen molar-refractivity contribution in [1.29, 1.82) is 0 Å². The maximum Gasteiger partial charge on any atom is 0.391 e. The van der Waals surface area contributed by atoms with Crippen molar-refractivity contribution in [3.63, 3.8) is 0 Å². The van der Waals surface area contributed by atoms with Crippen LogP contribution >= 0.6 is 23.2 Å². The van der Waals surface area contributed by atoms with Gasteiger partial charge in [-0.15, -0.1) is 0 Å². The zero-order valence-electron chi connectivity index (χ0n) is 19.6. The van der Waals surface area contributed by atoms with Crippen LogP contribution in [-0.4, -0.2) is 63.7 Å². The van der Waals surface area contributed by atoms with Crippen LogP contribution in [0.4, 0.5) is 13.2 Å². The van der Waals surface area contributed by atoms with Gasteiger partial charge in [-0.3, -0.25) is 14.7 Å². The van der Waals surface area contributed by atoms with Crippen LogP contribution in [0.25, 0.3) is 0 Å². The molecule has 2 saturated heterocycles. The molecule has 0 spiro atoms. The molecule has 0 saturated carbocycles. The molecule has 1 atom stereocenters. The molecule has 2 fully saturated rings. The molecule has 3 heterocycles. The van der Waals surface area contributed by atoms with Crippen LogP contribution in [0, 0.1) is 5.92 Å². The van der Waals surface area contributed by atoms with Gasteiger partial charge in [0, 0.05) is 59.8 Å². The lowest BCUT2D eigenvalue weighted by Crippen LogP contribution is -2.42. The minimum atomic E-state index is -4.24. The van der Waals surface area contributed by atoms with Crippen molar-refractivity contribution in [2.45, 2.75) is 63.6 Å². The molecule has 2 aliphatic heterocycles. The number of piperidine rings is 1. The molecular weight excluding hydrogens is 516 g/mol. The summed E-state index contributed by atoms with van der Waals surface area (Å²) in [5.41, 5.74) is 3.88. The van der Waals surface area contributed by atoms with E-state index in [2.05, 4.69) is 10.2 Å². The molecular formula is C25H27Cl2F3N4O2. The predicted octanol–water partition coefficient (Wildman–Crippen LogP) is 5.20. The molecule has 5 rings (SSSR count). The number of fused-ring (bicyclic) bond motifs is 1. The first-order valence-electron chi connectivity index (χ1n) is 12.3. The van der Waals surface area contributed by atoms with Gasteiger partial charge in [0.1, 0.15) is 0 Å². The first kappa shape index (κ1) is 25.4. The van der Waals surface area contributed by atoms with Gasteiger partial charge >= 0.3 is 6.18 Å². The molecule has 0 radical (unpaired) electrons. The maximum absolute atomic E-state index is 13.0. The highest BCUT2D eigenvalue weighted by molar-refractivity contribution is 6.36. The van der Waals surface area contributed by atoms with Crippen LogP contribution in [0.3, 0.4) is 0 Å². The molecule has 194 valence electrons. The summed E-state index contributed by atoms with van der Waals surface area (Å²) in [5.74, 6) is -1.54. The summed E-state index contributed by atoms with van der Waals surface area (Å²) in [7, 11) is 0. The minimum absolute atomic E-state index is 0.0426. The van der Waals surface area contributed by atoms with E-state index in [1.54, 1.807) is 0 Å². The van der Waals surface area contributed by atoms with Crippen LogP contribution in [0.1, 0.15) is 65.0 Å². The van der Waals surface area contributed by atoms with Crippen molar-refractivity contribution >= 4 is 35.0 Å². The number of carbonyl (C=O) groups excluding carboxylic acids is 2. The van der Waals surface area contributed by atoms with Crippen LogP contribution < -0.4 is 0 Å². The van der Waals surface area contributed by atoms with Gasteiger partial charge in [0.2, 0.25) is 5.91 Å². The van der Waals surface area contributed by atoms with Crippen molar-refractivity contribution in [2.75, 3.05) is 19.6 Å². The fourth-order valence-corrected chi connectivity index (χ4v) is 6.29. The Morgan fingerprint density at radius 1 is 1.08 bits per heavy atom. The zero-order valence-corrected chi connectivity index (χ0v) is 21.1. The van der Waals surface area contributed by atoms with E-state index in [0.29, 0.717) is 28.5 Å². The molecule has 2 amide bonds. The normalized spacial score (nSPS) is 21.2. The summed E-state index contributed by atoms with van der Waals surface area (Å²) in [4.78, 5) is 28.6. The Hall–Kier alpha value is -2.26. The van der Waals surface area contributed by atoms with E-state index in [9.17, 15) is 22.8 Å². The number of aromatic nitrogens is 2. The second-order valence-electron chi connectivity index (χ2n) is 9.92. The molecule has 11 heteroatoms. The molecule has 1 N–H and O–H groups in total. The number of nitrogens with zero attached hydrogens (tertiary/aromatic N) is 3. The van der Waals surface area contributed by atoms with Crippen LogP contribution in [0.2, 0.25) is 10.0 Å². The number of alkyl halides is 3. The largest absolute Gasteiger partial charge is 0.391 e. The first-order valence-corrected chi connectivity index (χ1v) is 13.1. The SMILES string of the molecule is O=C(c1cc(Cl)c(Cc2[nH]nc3c2C[C@@H](N2CCCC2=O)CC3)c(Cl)c1)N1CCC(C(F)(F)F)CC1. The molecule has 2 aromatic rings. The molecule has 1 aromatic heterocycles. The summed E-state index contributed by atoms with van der Waals surface area (Å²) in [6.07, 6.45) is -0.136. The number of halogens is 5. The fraction of sp³-hybridized carbons (Fsp3) is 0.560. The van der Waals surface area contributed by atoms with E-state index in [4.69, 9.17) is 23.2 Å². The van der Waals surface area contributed by atoms with Crippen LogP contribution in [0.15, 0.2) is 12.1 Å². The summed E-state index contributed by atoms with van der Waals surface area (Å²) >= 11 is 13.1. The second-order valence-corrected chi connectivity index (χ2v) is 10.7. The predicted molar refractivity (Wildman–Crippen MR) is 129 cm³/mol. The number of benzene rings is 1. The van der Waals surface area contributed by atoms with Crippen LogP contribution in [-0.2, 0) is 24.1 Å². The van der Waals surface area contributed by atoms with Gasteiger partial charge < -0.3 is 9.80 Å². The molecule has 36 heavy (non-hydrogen) atoms. The van der Waals surface area contributed by atoms with Gasteiger partial charge in [-0.1, -0.05) is 23.2 Å². The zero-order chi connectivity index (χ0) is 25.6. The number of aryl methyl sites for hydroxylation is 1. The van der Waals surface area contributed by atoms with E-state index < -0.39 is 12.1 Å². The lowest BCUT2D eigenvalue weighted by Gasteiger charge is -2.33. The topological polar surface area (TPSA) is 69.3 Å². The molecule has 6 nitrogen and oxygen atoms in total. The smallest absolute Gasteiger partial charge is 0.339 e. The van der Waals surface area contributed by atoms with E-state index in [1.165, 1.54) is 17.0 Å². The van der Waals surface area contributed by atoms with Crippen molar-refractivity contribution in [1.82, 2.24) is 20.0 Å². The number of carbonyl (C=O) groups is 2. The average Bonchev–Trinajstić information content (AvgIpc) is 3.45. The lowest BCUT2D eigenvalue weighted by atomic mass is 9.89. The van der Waals surface area contributed by atoms with Gasteiger partial charge in [-0.25, -0.2) is 0 Å². The highest BCUT2D eigenvalue weighted by atomic mass is 35.5. The van der Waals surface area contributed by atoms with E-state index in [0.717, 1.165) is 49.2 Å². The first-order chi connectivity index (χ1) is 17.1. The fourth-order valence-electron chi connectivity index (χ4n) is 5.66. The van der Waals surface area contributed by atoms with Crippen molar-refractivity contribution in [3.8, 4) is 0 Å². The molecule has 1 aliphatic carbocycles. The third-order valence-electron chi connectivity index (χ3n) is 7.73. The summed E-state index contributed by atoms with van der Waals surface area (Å²) < 4.78 is 38.9. The number of H-pyrrole nitrogens is 1. The number of hydrogen-bond acceptors (Lipinski definition) is 3. The Balaban J connectivity index is 1.30. The highest BCUT2D eigenvalue weighted by Gasteiger charge is 2.42. The Morgan fingerprint density at radius 3 is 2.39 bits per heavy atom. The number of aromatic amines is 1. The lowest BCUT2D eigenvalue weighted by molar-refractivity contribution is -0.183. The van der Waals surface area contributed by atoms with Gasteiger partial charge in [-0.2, -0.15) is 18.3 Å². The Morgan fingerprint density at radius 2 is 1.78 bits per heavy atom. The van der Waals surface area contributed by atoms with Crippen molar-refractivity contribution in [3.05, 3.63) is 50.3 Å². The molecule has 0 bridgehead atoms. The molecule has 0 unspecified atom stereocenters. The van der Waals surface area contributed by atoms with E-state index >= 15 is 0 Å². The van der Waals surface area contributed by atoms with Gasteiger partial charge in [0.05, 0.1) is 11.6 Å².